The number of aromatic nitrogens is 1. The third-order valence-corrected chi connectivity index (χ3v) is 5.86. The highest BCUT2D eigenvalue weighted by Crippen LogP contribution is 2.40. The largest absolute Gasteiger partial charge is 0.338 e. The number of hydrogen-bond acceptors (Lipinski definition) is 3. The van der Waals surface area contributed by atoms with E-state index < -0.39 is 0 Å². The first kappa shape index (κ1) is 16.9. The summed E-state index contributed by atoms with van der Waals surface area (Å²) >= 11 is 1.48. The molecule has 4 rings (SSSR count). The Kier molecular flexibility index (Phi) is 4.80. The molecule has 1 fully saturated rings. The molecule has 26 heavy (non-hydrogen) atoms. The fourth-order valence-corrected chi connectivity index (χ4v) is 4.46. The van der Waals surface area contributed by atoms with Crippen LogP contribution in [0, 0.1) is 5.82 Å². The van der Waals surface area contributed by atoms with Crippen LogP contribution in [-0.4, -0.2) is 28.9 Å². The lowest BCUT2D eigenvalue weighted by Gasteiger charge is -2.26. The molecule has 1 aromatic carbocycles. The lowest BCUT2D eigenvalue weighted by molar-refractivity contribution is 0.0729. The lowest BCUT2D eigenvalue weighted by atomic mass is 10.0. The Bertz CT molecular complexity index is 900. The highest BCUT2D eigenvalue weighted by molar-refractivity contribution is 7.18. The van der Waals surface area contributed by atoms with Crippen LogP contribution in [0.2, 0.25) is 0 Å². The summed E-state index contributed by atoms with van der Waals surface area (Å²) in [6, 6.07) is 12.3. The van der Waals surface area contributed by atoms with Crippen molar-refractivity contribution in [3.63, 3.8) is 0 Å². The van der Waals surface area contributed by atoms with Crippen molar-refractivity contribution in [3.8, 4) is 21.6 Å². The van der Waals surface area contributed by atoms with Crippen molar-refractivity contribution in [1.29, 1.82) is 0 Å². The summed E-state index contributed by atoms with van der Waals surface area (Å²) in [4.78, 5) is 20.7. The van der Waals surface area contributed by atoms with Gasteiger partial charge in [-0.3, -0.25) is 9.78 Å². The zero-order chi connectivity index (χ0) is 17.9. The van der Waals surface area contributed by atoms with Crippen LogP contribution in [0.25, 0.3) is 21.6 Å². The maximum Gasteiger partial charge on any atom is 0.263 e. The second-order valence-electron chi connectivity index (χ2n) is 6.45. The fourth-order valence-electron chi connectivity index (χ4n) is 3.31. The van der Waals surface area contributed by atoms with Gasteiger partial charge in [-0.1, -0.05) is 12.1 Å². The van der Waals surface area contributed by atoms with E-state index in [-0.39, 0.29) is 11.7 Å². The van der Waals surface area contributed by atoms with Crippen molar-refractivity contribution in [2.24, 2.45) is 0 Å². The van der Waals surface area contributed by atoms with Gasteiger partial charge >= 0.3 is 0 Å². The van der Waals surface area contributed by atoms with Gasteiger partial charge in [-0.05, 0) is 60.7 Å². The van der Waals surface area contributed by atoms with Crippen LogP contribution in [0.3, 0.4) is 0 Å². The van der Waals surface area contributed by atoms with Gasteiger partial charge in [0.15, 0.2) is 0 Å². The van der Waals surface area contributed by atoms with E-state index in [2.05, 4.69) is 4.98 Å². The monoisotopic (exact) mass is 366 g/mol. The van der Waals surface area contributed by atoms with E-state index in [0.29, 0.717) is 0 Å². The van der Waals surface area contributed by atoms with E-state index in [1.807, 2.05) is 23.1 Å². The van der Waals surface area contributed by atoms with Gasteiger partial charge in [-0.2, -0.15) is 0 Å². The number of rotatable bonds is 3. The summed E-state index contributed by atoms with van der Waals surface area (Å²) in [6.07, 6.45) is 6.82. The Balaban J connectivity index is 1.77. The van der Waals surface area contributed by atoms with Crippen LogP contribution in [0.1, 0.15) is 28.9 Å². The number of pyridine rings is 1. The van der Waals surface area contributed by atoms with Crippen molar-refractivity contribution < 1.29 is 9.18 Å². The molecule has 132 valence electrons. The number of carbonyl (C=O) groups is 1. The van der Waals surface area contributed by atoms with Gasteiger partial charge < -0.3 is 4.90 Å². The third-order valence-electron chi connectivity index (χ3n) is 4.68. The van der Waals surface area contributed by atoms with Crippen LogP contribution in [0.4, 0.5) is 4.39 Å². The topological polar surface area (TPSA) is 33.2 Å². The smallest absolute Gasteiger partial charge is 0.263 e. The first-order valence-corrected chi connectivity index (χ1v) is 9.63. The molecule has 0 spiro atoms. The molecular formula is C21H19FN2OS. The molecule has 5 heteroatoms. The number of hydrogen-bond donors (Lipinski definition) is 0. The summed E-state index contributed by atoms with van der Waals surface area (Å²) in [6.45, 7) is 1.65. The number of halogens is 1. The number of likely N-dealkylation sites (tertiary alicyclic amines) is 1. The lowest BCUT2D eigenvalue weighted by Crippen LogP contribution is -2.35. The van der Waals surface area contributed by atoms with Crippen LogP contribution >= 0.6 is 11.3 Å². The van der Waals surface area contributed by atoms with Crippen LogP contribution in [-0.2, 0) is 0 Å². The second-order valence-corrected chi connectivity index (χ2v) is 7.50. The van der Waals surface area contributed by atoms with Gasteiger partial charge in [0, 0.05) is 35.9 Å². The molecule has 0 radical (unpaired) electrons. The first-order chi connectivity index (χ1) is 12.7. The number of piperidine rings is 1. The average molecular weight is 366 g/mol. The molecule has 0 atom stereocenters. The normalized spacial score (nSPS) is 14.4. The molecule has 1 saturated heterocycles. The fraction of sp³-hybridized carbons (Fsp3) is 0.238. The number of benzene rings is 1. The molecule has 1 aliphatic heterocycles. The van der Waals surface area contributed by atoms with Crippen LogP contribution in [0.5, 0.6) is 0 Å². The Labute approximate surface area is 156 Å². The molecule has 1 amide bonds. The molecule has 0 N–H and O–H groups in total. The van der Waals surface area contributed by atoms with Crippen molar-refractivity contribution in [3.05, 3.63) is 65.6 Å². The average Bonchev–Trinajstić information content (AvgIpc) is 3.15. The predicted octanol–water partition coefficient (Wildman–Crippen LogP) is 5.24. The minimum absolute atomic E-state index is 0.0957. The maximum atomic E-state index is 13.3. The zero-order valence-electron chi connectivity index (χ0n) is 14.3. The number of nitrogens with zero attached hydrogens (tertiary/aromatic N) is 2. The summed E-state index contributed by atoms with van der Waals surface area (Å²) in [5, 5.41) is 0. The van der Waals surface area contributed by atoms with E-state index in [4.69, 9.17) is 0 Å². The van der Waals surface area contributed by atoms with Gasteiger partial charge in [0.2, 0.25) is 0 Å². The van der Waals surface area contributed by atoms with Gasteiger partial charge in [0.05, 0.1) is 4.88 Å². The quantitative estimate of drug-likeness (QED) is 0.635. The standard InChI is InChI=1S/C21H19FN2OS/c22-17-6-4-16(5-7-17)20-18(15-8-10-23-11-9-15)14-19(26-20)21(25)24-12-2-1-3-13-24/h4-11,14H,1-3,12-13H2. The van der Waals surface area contributed by atoms with Crippen molar-refractivity contribution in [2.45, 2.75) is 19.3 Å². The molecule has 2 aromatic heterocycles. The summed E-state index contributed by atoms with van der Waals surface area (Å²) < 4.78 is 13.3. The van der Waals surface area contributed by atoms with E-state index in [1.165, 1.54) is 29.9 Å². The van der Waals surface area contributed by atoms with Gasteiger partial charge in [-0.15, -0.1) is 11.3 Å². The van der Waals surface area contributed by atoms with Crippen molar-refractivity contribution >= 4 is 17.2 Å². The summed E-state index contributed by atoms with van der Waals surface area (Å²) in [5.74, 6) is -0.168. The van der Waals surface area contributed by atoms with E-state index in [1.54, 1.807) is 24.5 Å². The molecule has 0 aliphatic carbocycles. The first-order valence-electron chi connectivity index (χ1n) is 8.82. The second kappa shape index (κ2) is 7.38. The minimum Gasteiger partial charge on any atom is -0.338 e. The van der Waals surface area contributed by atoms with E-state index in [0.717, 1.165) is 52.4 Å². The van der Waals surface area contributed by atoms with Crippen molar-refractivity contribution in [2.75, 3.05) is 13.1 Å². The number of thiophene rings is 1. The van der Waals surface area contributed by atoms with Crippen molar-refractivity contribution in [1.82, 2.24) is 9.88 Å². The highest BCUT2D eigenvalue weighted by Gasteiger charge is 2.22. The Hall–Kier alpha value is -2.53. The molecular weight excluding hydrogens is 347 g/mol. The van der Waals surface area contributed by atoms with Crippen LogP contribution in [0.15, 0.2) is 54.9 Å². The predicted molar refractivity (Wildman–Crippen MR) is 103 cm³/mol. The van der Waals surface area contributed by atoms with Gasteiger partial charge in [0.1, 0.15) is 5.82 Å². The Morgan fingerprint density at radius 1 is 0.962 bits per heavy atom. The number of amides is 1. The van der Waals surface area contributed by atoms with Crippen LogP contribution < -0.4 is 0 Å². The molecule has 0 bridgehead atoms. The number of carbonyl (C=O) groups excluding carboxylic acids is 1. The third kappa shape index (κ3) is 3.40. The Morgan fingerprint density at radius 2 is 1.65 bits per heavy atom. The Morgan fingerprint density at radius 3 is 2.35 bits per heavy atom. The maximum absolute atomic E-state index is 13.3. The van der Waals surface area contributed by atoms with Gasteiger partial charge in [-0.25, -0.2) is 4.39 Å². The molecule has 3 aromatic rings. The van der Waals surface area contributed by atoms with E-state index in [9.17, 15) is 9.18 Å². The SMILES string of the molecule is O=C(c1cc(-c2ccncc2)c(-c2ccc(F)cc2)s1)N1CCCCC1. The molecule has 0 saturated carbocycles. The molecule has 1 aliphatic rings. The molecule has 3 nitrogen and oxygen atoms in total. The summed E-state index contributed by atoms with van der Waals surface area (Å²) in [7, 11) is 0. The zero-order valence-corrected chi connectivity index (χ0v) is 15.1. The highest BCUT2D eigenvalue weighted by atomic mass is 32.1. The molecule has 0 unspecified atom stereocenters. The van der Waals surface area contributed by atoms with E-state index >= 15 is 0 Å². The summed E-state index contributed by atoms with van der Waals surface area (Å²) in [5.41, 5.74) is 2.92. The molecule has 3 heterocycles. The minimum atomic E-state index is -0.264. The van der Waals surface area contributed by atoms with Gasteiger partial charge in [0.25, 0.3) is 5.91 Å².